The Balaban J connectivity index is 2.39. The number of ether oxygens (including phenoxy) is 1. The van der Waals surface area contributed by atoms with Crippen molar-refractivity contribution in [2.75, 3.05) is 6.61 Å². The number of nitrogens with zero attached hydrogens (tertiary/aromatic N) is 1. The average Bonchev–Trinajstić information content (AvgIpc) is 2.29. The summed E-state index contributed by atoms with van der Waals surface area (Å²) in [6.07, 6.45) is 1.93. The van der Waals surface area contributed by atoms with E-state index in [0.29, 0.717) is 0 Å². The van der Waals surface area contributed by atoms with Crippen LogP contribution in [-0.4, -0.2) is 6.61 Å². The zero-order chi connectivity index (χ0) is 11.5. The van der Waals surface area contributed by atoms with Crippen molar-refractivity contribution >= 4 is 0 Å². The second-order valence-corrected chi connectivity index (χ2v) is 4.47. The van der Waals surface area contributed by atoms with Crippen LogP contribution in [0.5, 0.6) is 0 Å². The Kier molecular flexibility index (Phi) is 3.26. The zero-order valence-corrected chi connectivity index (χ0v) is 9.86. The summed E-state index contributed by atoms with van der Waals surface area (Å²) in [6.45, 7) is 4.96. The molecule has 0 bridgehead atoms. The average molecular weight is 215 g/mol. The second kappa shape index (κ2) is 4.67. The quantitative estimate of drug-likeness (QED) is 0.720. The van der Waals surface area contributed by atoms with E-state index in [-0.39, 0.29) is 12.0 Å². The van der Waals surface area contributed by atoms with Gasteiger partial charge in [-0.1, -0.05) is 18.2 Å². The third kappa shape index (κ3) is 1.96. The van der Waals surface area contributed by atoms with Crippen molar-refractivity contribution in [1.29, 1.82) is 5.26 Å². The molecule has 2 atom stereocenters. The van der Waals surface area contributed by atoms with Crippen LogP contribution in [0.1, 0.15) is 35.6 Å². The van der Waals surface area contributed by atoms with Gasteiger partial charge in [-0.15, -0.1) is 0 Å². The fourth-order valence-corrected chi connectivity index (χ4v) is 2.47. The molecule has 0 spiro atoms. The van der Waals surface area contributed by atoms with Crippen molar-refractivity contribution < 1.29 is 4.74 Å². The van der Waals surface area contributed by atoms with E-state index in [2.05, 4.69) is 38.1 Å². The summed E-state index contributed by atoms with van der Waals surface area (Å²) in [5.74, 6) is 0.00792. The van der Waals surface area contributed by atoms with Gasteiger partial charge >= 0.3 is 0 Å². The van der Waals surface area contributed by atoms with E-state index in [1.54, 1.807) is 0 Å². The molecule has 0 N–H and O–H groups in total. The maximum atomic E-state index is 9.17. The summed E-state index contributed by atoms with van der Waals surface area (Å²) in [5, 5.41) is 9.17. The summed E-state index contributed by atoms with van der Waals surface area (Å²) in [4.78, 5) is 0. The zero-order valence-electron chi connectivity index (χ0n) is 9.86. The first-order valence-electron chi connectivity index (χ1n) is 5.81. The number of nitriles is 1. The minimum absolute atomic E-state index is 0.00792. The standard InChI is InChI=1S/C14H17NO/c1-10-5-3-6-11(2)13(10)14-12(9-15)7-4-8-16-14/h3,5-6,12,14H,4,7-8H2,1-2H3. The molecule has 2 nitrogen and oxygen atoms in total. The first kappa shape index (κ1) is 11.2. The number of hydrogen-bond acceptors (Lipinski definition) is 2. The molecule has 1 aliphatic heterocycles. The fraction of sp³-hybridized carbons (Fsp3) is 0.500. The number of aryl methyl sites for hydroxylation is 2. The van der Waals surface area contributed by atoms with Crippen LogP contribution in [0.15, 0.2) is 18.2 Å². The predicted molar refractivity (Wildman–Crippen MR) is 62.9 cm³/mol. The van der Waals surface area contributed by atoms with Crippen LogP contribution in [0.4, 0.5) is 0 Å². The van der Waals surface area contributed by atoms with Crippen LogP contribution in [0, 0.1) is 31.1 Å². The molecule has 16 heavy (non-hydrogen) atoms. The Morgan fingerprint density at radius 1 is 1.31 bits per heavy atom. The number of hydrogen-bond donors (Lipinski definition) is 0. The van der Waals surface area contributed by atoms with E-state index in [1.807, 2.05) is 0 Å². The molecule has 1 heterocycles. The van der Waals surface area contributed by atoms with Crippen LogP contribution < -0.4 is 0 Å². The van der Waals surface area contributed by atoms with Gasteiger partial charge in [0.1, 0.15) is 0 Å². The molecule has 2 unspecified atom stereocenters. The molecule has 0 amide bonds. The molecular weight excluding hydrogens is 198 g/mol. The molecule has 2 heteroatoms. The first-order chi connectivity index (χ1) is 7.74. The lowest BCUT2D eigenvalue weighted by Crippen LogP contribution is -2.22. The Labute approximate surface area is 96.9 Å². The van der Waals surface area contributed by atoms with Crippen LogP contribution in [-0.2, 0) is 4.74 Å². The lowest BCUT2D eigenvalue weighted by atomic mass is 9.86. The van der Waals surface area contributed by atoms with Crippen molar-refractivity contribution in [2.45, 2.75) is 32.8 Å². The van der Waals surface area contributed by atoms with Crippen LogP contribution in [0.25, 0.3) is 0 Å². The van der Waals surface area contributed by atoms with Gasteiger partial charge in [-0.05, 0) is 43.4 Å². The highest BCUT2D eigenvalue weighted by atomic mass is 16.5. The Morgan fingerprint density at radius 3 is 2.62 bits per heavy atom. The first-order valence-corrected chi connectivity index (χ1v) is 5.81. The highest BCUT2D eigenvalue weighted by Gasteiger charge is 2.29. The summed E-state index contributed by atoms with van der Waals surface area (Å²) in [5.41, 5.74) is 3.67. The highest BCUT2D eigenvalue weighted by Crippen LogP contribution is 2.36. The second-order valence-electron chi connectivity index (χ2n) is 4.47. The predicted octanol–water partition coefficient (Wildman–Crippen LogP) is 3.29. The molecular formula is C14H17NO. The van der Waals surface area contributed by atoms with Gasteiger partial charge in [0.25, 0.3) is 0 Å². The molecule has 1 fully saturated rings. The van der Waals surface area contributed by atoms with E-state index in [4.69, 9.17) is 4.74 Å². The normalized spacial score (nSPS) is 25.1. The van der Waals surface area contributed by atoms with Crippen molar-refractivity contribution in [3.8, 4) is 6.07 Å². The molecule has 0 saturated carbocycles. The Bertz CT molecular complexity index is 399. The van der Waals surface area contributed by atoms with Gasteiger partial charge in [-0.25, -0.2) is 0 Å². The third-order valence-corrected chi connectivity index (χ3v) is 3.31. The maximum absolute atomic E-state index is 9.17. The van der Waals surface area contributed by atoms with E-state index in [9.17, 15) is 5.26 Å². The molecule has 0 radical (unpaired) electrons. The van der Waals surface area contributed by atoms with E-state index in [1.165, 1.54) is 16.7 Å². The molecule has 1 aromatic carbocycles. The van der Waals surface area contributed by atoms with Gasteiger partial charge in [0, 0.05) is 6.61 Å². The monoisotopic (exact) mass is 215 g/mol. The van der Waals surface area contributed by atoms with Gasteiger partial charge < -0.3 is 4.74 Å². The Hall–Kier alpha value is -1.33. The largest absolute Gasteiger partial charge is 0.372 e. The van der Waals surface area contributed by atoms with Crippen molar-refractivity contribution in [3.63, 3.8) is 0 Å². The van der Waals surface area contributed by atoms with Gasteiger partial charge in [0.15, 0.2) is 0 Å². The van der Waals surface area contributed by atoms with Gasteiger partial charge in [0.05, 0.1) is 18.1 Å². The van der Waals surface area contributed by atoms with Gasteiger partial charge in [-0.2, -0.15) is 5.26 Å². The maximum Gasteiger partial charge on any atom is 0.0988 e. The van der Waals surface area contributed by atoms with E-state index in [0.717, 1.165) is 19.4 Å². The molecule has 2 rings (SSSR count). The van der Waals surface area contributed by atoms with Crippen LogP contribution in [0.3, 0.4) is 0 Å². The molecule has 0 aliphatic carbocycles. The number of rotatable bonds is 1. The smallest absolute Gasteiger partial charge is 0.0988 e. The molecule has 0 aromatic heterocycles. The van der Waals surface area contributed by atoms with Gasteiger partial charge in [-0.3, -0.25) is 0 Å². The molecule has 1 aromatic rings. The lowest BCUT2D eigenvalue weighted by Gasteiger charge is -2.29. The van der Waals surface area contributed by atoms with E-state index < -0.39 is 0 Å². The summed E-state index contributed by atoms with van der Waals surface area (Å²) < 4.78 is 5.81. The lowest BCUT2D eigenvalue weighted by molar-refractivity contribution is -0.0108. The molecule has 1 aliphatic rings. The van der Waals surface area contributed by atoms with Crippen molar-refractivity contribution in [1.82, 2.24) is 0 Å². The van der Waals surface area contributed by atoms with E-state index >= 15 is 0 Å². The summed E-state index contributed by atoms with van der Waals surface area (Å²) in [7, 11) is 0. The van der Waals surface area contributed by atoms with Crippen LogP contribution in [0.2, 0.25) is 0 Å². The minimum atomic E-state index is -0.0278. The van der Waals surface area contributed by atoms with Crippen LogP contribution >= 0.6 is 0 Å². The fourth-order valence-electron chi connectivity index (χ4n) is 2.47. The minimum Gasteiger partial charge on any atom is -0.372 e. The molecule has 1 saturated heterocycles. The van der Waals surface area contributed by atoms with Crippen molar-refractivity contribution in [3.05, 3.63) is 34.9 Å². The van der Waals surface area contributed by atoms with Gasteiger partial charge in [0.2, 0.25) is 0 Å². The summed E-state index contributed by atoms with van der Waals surface area (Å²) >= 11 is 0. The topological polar surface area (TPSA) is 33.0 Å². The summed E-state index contributed by atoms with van der Waals surface area (Å²) in [6, 6.07) is 8.62. The molecule has 84 valence electrons. The SMILES string of the molecule is Cc1cccc(C)c1C1OCCCC1C#N. The highest BCUT2D eigenvalue weighted by molar-refractivity contribution is 5.36. The number of benzene rings is 1. The van der Waals surface area contributed by atoms with Crippen molar-refractivity contribution in [2.24, 2.45) is 5.92 Å². The third-order valence-electron chi connectivity index (χ3n) is 3.31. The Morgan fingerprint density at radius 2 is 2.00 bits per heavy atom.